The Balaban J connectivity index is 1.93. The van der Waals surface area contributed by atoms with Crippen LogP contribution >= 0.6 is 0 Å². The molecule has 124 valence electrons. The lowest BCUT2D eigenvalue weighted by atomic mass is 10.00. The number of aryl methyl sites for hydroxylation is 1. The molecule has 0 radical (unpaired) electrons. The molecule has 6 nitrogen and oxygen atoms in total. The van der Waals surface area contributed by atoms with Crippen LogP contribution in [0.5, 0.6) is 0 Å². The van der Waals surface area contributed by atoms with Crippen molar-refractivity contribution in [3.8, 4) is 0 Å². The number of nitrogens with zero attached hydrogens (tertiary/aromatic N) is 2. The first-order valence-electron chi connectivity index (χ1n) is 7.64. The quantitative estimate of drug-likeness (QED) is 0.793. The van der Waals surface area contributed by atoms with Gasteiger partial charge in [-0.05, 0) is 30.5 Å². The SMILES string of the molecule is CC(C)c1cccc(NC(=O)NCC(C)(O)c2cnn(C)c2)c1. The average Bonchev–Trinajstić information content (AvgIpc) is 2.93. The Bertz CT molecular complexity index is 677. The van der Waals surface area contributed by atoms with Crippen molar-refractivity contribution in [1.82, 2.24) is 15.1 Å². The number of carbonyl (C=O) groups is 1. The molecular weight excluding hydrogens is 292 g/mol. The van der Waals surface area contributed by atoms with Gasteiger partial charge in [0, 0.05) is 24.5 Å². The molecule has 0 aliphatic heterocycles. The Morgan fingerprint density at radius 3 is 2.78 bits per heavy atom. The molecule has 2 aromatic rings. The third-order valence-electron chi connectivity index (χ3n) is 3.73. The first-order valence-corrected chi connectivity index (χ1v) is 7.64. The average molecular weight is 316 g/mol. The Morgan fingerprint density at radius 2 is 2.17 bits per heavy atom. The van der Waals surface area contributed by atoms with E-state index in [0.717, 1.165) is 11.3 Å². The summed E-state index contributed by atoms with van der Waals surface area (Å²) in [5.41, 5.74) is 1.37. The molecule has 2 amide bonds. The number of amides is 2. The Labute approximate surface area is 136 Å². The number of aromatic nitrogens is 2. The second kappa shape index (κ2) is 6.83. The summed E-state index contributed by atoms with van der Waals surface area (Å²) in [6.45, 7) is 5.94. The summed E-state index contributed by atoms with van der Waals surface area (Å²) in [7, 11) is 1.78. The van der Waals surface area contributed by atoms with Crippen molar-refractivity contribution in [2.24, 2.45) is 7.05 Å². The van der Waals surface area contributed by atoms with E-state index in [-0.39, 0.29) is 12.6 Å². The van der Waals surface area contributed by atoms with Gasteiger partial charge in [-0.25, -0.2) is 4.79 Å². The van der Waals surface area contributed by atoms with Crippen molar-refractivity contribution in [2.45, 2.75) is 32.3 Å². The van der Waals surface area contributed by atoms with Crippen molar-refractivity contribution in [3.63, 3.8) is 0 Å². The van der Waals surface area contributed by atoms with Gasteiger partial charge in [0.25, 0.3) is 0 Å². The van der Waals surface area contributed by atoms with Crippen LogP contribution in [0.4, 0.5) is 10.5 Å². The zero-order chi connectivity index (χ0) is 17.0. The number of hydrogen-bond donors (Lipinski definition) is 3. The fraction of sp³-hybridized carbons (Fsp3) is 0.412. The second-order valence-corrected chi connectivity index (χ2v) is 6.26. The third kappa shape index (κ3) is 4.56. The van der Waals surface area contributed by atoms with Crippen LogP contribution < -0.4 is 10.6 Å². The van der Waals surface area contributed by atoms with Crippen molar-refractivity contribution < 1.29 is 9.90 Å². The largest absolute Gasteiger partial charge is 0.383 e. The molecule has 3 N–H and O–H groups in total. The highest BCUT2D eigenvalue weighted by Crippen LogP contribution is 2.20. The van der Waals surface area contributed by atoms with Gasteiger partial charge >= 0.3 is 6.03 Å². The van der Waals surface area contributed by atoms with E-state index in [9.17, 15) is 9.90 Å². The van der Waals surface area contributed by atoms with E-state index in [1.165, 1.54) is 0 Å². The maximum atomic E-state index is 12.0. The molecule has 0 aliphatic carbocycles. The van der Waals surface area contributed by atoms with Crippen LogP contribution in [0, 0.1) is 0 Å². The summed E-state index contributed by atoms with van der Waals surface area (Å²) < 4.78 is 1.61. The number of rotatable bonds is 5. The Kier molecular flexibility index (Phi) is 5.05. The lowest BCUT2D eigenvalue weighted by molar-refractivity contribution is 0.0599. The number of benzene rings is 1. The molecule has 0 spiro atoms. The molecule has 0 saturated heterocycles. The van der Waals surface area contributed by atoms with Crippen LogP contribution in [-0.4, -0.2) is 27.5 Å². The molecule has 0 saturated carbocycles. The summed E-state index contributed by atoms with van der Waals surface area (Å²) in [5, 5.41) is 19.9. The molecular formula is C17H24N4O2. The lowest BCUT2D eigenvalue weighted by Gasteiger charge is -2.22. The van der Waals surface area contributed by atoms with Crippen LogP contribution in [0.2, 0.25) is 0 Å². The maximum Gasteiger partial charge on any atom is 0.319 e. The first kappa shape index (κ1) is 17.0. The molecule has 2 rings (SSSR count). The Morgan fingerprint density at radius 1 is 1.43 bits per heavy atom. The number of anilines is 1. The minimum atomic E-state index is -1.18. The minimum Gasteiger partial charge on any atom is -0.383 e. The van der Waals surface area contributed by atoms with Crippen LogP contribution in [0.15, 0.2) is 36.7 Å². The summed E-state index contributed by atoms with van der Waals surface area (Å²) in [6.07, 6.45) is 3.32. The molecule has 6 heteroatoms. The molecule has 0 fully saturated rings. The summed E-state index contributed by atoms with van der Waals surface area (Å²) in [5.74, 6) is 0.395. The zero-order valence-electron chi connectivity index (χ0n) is 14.0. The van der Waals surface area contributed by atoms with Gasteiger partial charge in [-0.3, -0.25) is 4.68 Å². The molecule has 1 atom stereocenters. The highest BCUT2D eigenvalue weighted by Gasteiger charge is 2.25. The van der Waals surface area contributed by atoms with Crippen molar-refractivity contribution >= 4 is 11.7 Å². The van der Waals surface area contributed by atoms with E-state index in [4.69, 9.17) is 0 Å². The number of nitrogens with one attached hydrogen (secondary N) is 2. The number of carbonyl (C=O) groups excluding carboxylic acids is 1. The fourth-order valence-corrected chi connectivity index (χ4v) is 2.20. The molecule has 0 bridgehead atoms. The highest BCUT2D eigenvalue weighted by molar-refractivity contribution is 5.89. The van der Waals surface area contributed by atoms with Gasteiger partial charge in [0.15, 0.2) is 0 Å². The van der Waals surface area contributed by atoms with E-state index in [0.29, 0.717) is 11.5 Å². The molecule has 1 aromatic heterocycles. The number of urea groups is 1. The van der Waals surface area contributed by atoms with E-state index in [1.807, 2.05) is 24.3 Å². The van der Waals surface area contributed by atoms with E-state index in [2.05, 4.69) is 29.6 Å². The van der Waals surface area contributed by atoms with Gasteiger partial charge < -0.3 is 15.7 Å². The lowest BCUT2D eigenvalue weighted by Crippen LogP contribution is -2.40. The molecule has 0 aliphatic rings. The summed E-state index contributed by atoms with van der Waals surface area (Å²) in [6, 6.07) is 7.38. The second-order valence-electron chi connectivity index (χ2n) is 6.26. The van der Waals surface area contributed by atoms with Gasteiger partial charge in [0.05, 0.1) is 12.7 Å². The standard InChI is InChI=1S/C17H24N4O2/c1-12(2)13-6-5-7-15(8-13)20-16(22)18-11-17(3,23)14-9-19-21(4)10-14/h5-10,12,23H,11H2,1-4H3,(H2,18,20,22). The van der Waals surface area contributed by atoms with Crippen LogP contribution in [0.25, 0.3) is 0 Å². The van der Waals surface area contributed by atoms with Crippen LogP contribution in [0.3, 0.4) is 0 Å². The summed E-state index contributed by atoms with van der Waals surface area (Å²) in [4.78, 5) is 12.0. The smallest absolute Gasteiger partial charge is 0.319 e. The van der Waals surface area contributed by atoms with E-state index < -0.39 is 5.60 Å². The molecule has 1 unspecified atom stereocenters. The zero-order valence-corrected chi connectivity index (χ0v) is 14.0. The minimum absolute atomic E-state index is 0.0917. The van der Waals surface area contributed by atoms with Crippen LogP contribution in [0.1, 0.15) is 37.8 Å². The predicted molar refractivity (Wildman–Crippen MR) is 90.3 cm³/mol. The molecule has 23 heavy (non-hydrogen) atoms. The van der Waals surface area contributed by atoms with E-state index >= 15 is 0 Å². The topological polar surface area (TPSA) is 79.2 Å². The van der Waals surface area contributed by atoms with Gasteiger partial charge in [0.1, 0.15) is 5.60 Å². The van der Waals surface area contributed by atoms with E-state index in [1.54, 1.807) is 31.0 Å². The molecule has 1 heterocycles. The van der Waals surface area contributed by atoms with Crippen molar-refractivity contribution in [3.05, 3.63) is 47.8 Å². The summed E-state index contributed by atoms with van der Waals surface area (Å²) >= 11 is 0. The normalized spacial score (nSPS) is 13.7. The van der Waals surface area contributed by atoms with Gasteiger partial charge in [-0.2, -0.15) is 5.10 Å². The van der Waals surface area contributed by atoms with Crippen molar-refractivity contribution in [2.75, 3.05) is 11.9 Å². The van der Waals surface area contributed by atoms with Crippen molar-refractivity contribution in [1.29, 1.82) is 0 Å². The number of hydrogen-bond acceptors (Lipinski definition) is 3. The van der Waals surface area contributed by atoms with Gasteiger partial charge in [0.2, 0.25) is 0 Å². The maximum absolute atomic E-state index is 12.0. The molecule has 1 aromatic carbocycles. The predicted octanol–water partition coefficient (Wildman–Crippen LogP) is 2.57. The van der Waals surface area contributed by atoms with Gasteiger partial charge in [-0.1, -0.05) is 26.0 Å². The fourth-order valence-electron chi connectivity index (χ4n) is 2.20. The van der Waals surface area contributed by atoms with Gasteiger partial charge in [-0.15, -0.1) is 0 Å². The first-order chi connectivity index (χ1) is 10.8. The third-order valence-corrected chi connectivity index (χ3v) is 3.73. The van der Waals surface area contributed by atoms with Crippen LogP contribution in [-0.2, 0) is 12.6 Å². The highest BCUT2D eigenvalue weighted by atomic mass is 16.3. The Hall–Kier alpha value is -2.34. The number of aliphatic hydroxyl groups is 1. The monoisotopic (exact) mass is 316 g/mol.